The normalized spacial score (nSPS) is 15.1. The van der Waals surface area contributed by atoms with Crippen molar-refractivity contribution in [2.24, 2.45) is 0 Å². The maximum atomic E-state index is 4.54. The molecule has 2 nitrogen and oxygen atoms in total. The number of hydrogen-bond acceptors (Lipinski definition) is 1. The Bertz CT molecular complexity index is 561. The van der Waals surface area contributed by atoms with Crippen LogP contribution in [0.4, 0.5) is 0 Å². The van der Waals surface area contributed by atoms with Crippen LogP contribution < -0.4 is 0 Å². The Morgan fingerprint density at radius 2 is 2.00 bits per heavy atom. The third-order valence-electron chi connectivity index (χ3n) is 2.68. The zero-order chi connectivity index (χ0) is 9.71. The number of imidazole rings is 1. The number of benzene rings is 1. The number of fused-ring (bicyclic) bond motifs is 3. The van der Waals surface area contributed by atoms with E-state index in [1.54, 1.807) is 0 Å². The van der Waals surface area contributed by atoms with Gasteiger partial charge in [-0.3, -0.25) is 4.57 Å². The molecule has 0 bridgehead atoms. The predicted octanol–water partition coefficient (Wildman–Crippen LogP) is 2.62. The topological polar surface area (TPSA) is 17.8 Å². The van der Waals surface area contributed by atoms with Gasteiger partial charge in [0, 0.05) is 12.1 Å². The molecule has 0 saturated carbocycles. The van der Waals surface area contributed by atoms with E-state index < -0.39 is 0 Å². The number of para-hydroxylation sites is 2. The number of allylic oxidation sites excluding steroid dienone is 2. The number of rotatable bonds is 0. The van der Waals surface area contributed by atoms with Gasteiger partial charge in [-0.2, -0.15) is 0 Å². The first-order chi connectivity index (χ1) is 6.77. The first-order valence-corrected chi connectivity index (χ1v) is 4.61. The minimum absolute atomic E-state index is 0.827. The smallest absolute Gasteiger partial charge is 0.118 e. The maximum Gasteiger partial charge on any atom is 0.118 e. The molecule has 0 atom stereocenters. The quantitative estimate of drug-likeness (QED) is 0.612. The van der Waals surface area contributed by atoms with Crippen molar-refractivity contribution < 1.29 is 0 Å². The van der Waals surface area contributed by atoms with Crippen molar-refractivity contribution in [3.05, 3.63) is 48.8 Å². The molecule has 0 N–H and O–H groups in total. The highest BCUT2D eigenvalue weighted by atomic mass is 15.1. The van der Waals surface area contributed by atoms with Gasteiger partial charge >= 0.3 is 0 Å². The SMILES string of the molecule is C=C1Cc2nc3ccccc3n2C1=C. The summed E-state index contributed by atoms with van der Waals surface area (Å²) in [4.78, 5) is 4.54. The predicted molar refractivity (Wildman–Crippen MR) is 57.9 cm³/mol. The molecule has 3 rings (SSSR count). The third-order valence-corrected chi connectivity index (χ3v) is 2.68. The van der Waals surface area contributed by atoms with Gasteiger partial charge in [-0.25, -0.2) is 4.98 Å². The molecule has 1 aliphatic rings. The molecule has 0 saturated heterocycles. The molecule has 14 heavy (non-hydrogen) atoms. The molecule has 1 aliphatic heterocycles. The van der Waals surface area contributed by atoms with Crippen LogP contribution in [0.3, 0.4) is 0 Å². The van der Waals surface area contributed by atoms with E-state index in [-0.39, 0.29) is 0 Å². The monoisotopic (exact) mass is 182 g/mol. The van der Waals surface area contributed by atoms with Crippen LogP contribution in [0.1, 0.15) is 5.82 Å². The summed E-state index contributed by atoms with van der Waals surface area (Å²) < 4.78 is 2.09. The molecule has 0 fully saturated rings. The van der Waals surface area contributed by atoms with Gasteiger partial charge < -0.3 is 0 Å². The van der Waals surface area contributed by atoms with E-state index in [0.717, 1.165) is 34.5 Å². The van der Waals surface area contributed by atoms with Gasteiger partial charge in [0.05, 0.1) is 11.0 Å². The Kier molecular flexibility index (Phi) is 1.27. The first-order valence-electron chi connectivity index (χ1n) is 4.61. The Balaban J connectivity index is 2.43. The van der Waals surface area contributed by atoms with Crippen LogP contribution in [0, 0.1) is 0 Å². The molecular weight excluding hydrogens is 172 g/mol. The van der Waals surface area contributed by atoms with Gasteiger partial charge in [-0.1, -0.05) is 25.3 Å². The summed E-state index contributed by atoms with van der Waals surface area (Å²) in [6.45, 7) is 7.99. The van der Waals surface area contributed by atoms with Crippen LogP contribution in [0.15, 0.2) is 43.0 Å². The highest BCUT2D eigenvalue weighted by Gasteiger charge is 2.21. The second kappa shape index (κ2) is 2.35. The summed E-state index contributed by atoms with van der Waals surface area (Å²) in [5.74, 6) is 1.06. The van der Waals surface area contributed by atoms with Crippen LogP contribution in [-0.2, 0) is 6.42 Å². The molecule has 2 heterocycles. The fourth-order valence-corrected chi connectivity index (χ4v) is 1.95. The minimum atomic E-state index is 0.827. The molecule has 1 aromatic carbocycles. The van der Waals surface area contributed by atoms with E-state index in [1.807, 2.05) is 18.2 Å². The van der Waals surface area contributed by atoms with E-state index in [1.165, 1.54) is 0 Å². The maximum absolute atomic E-state index is 4.54. The van der Waals surface area contributed by atoms with Crippen LogP contribution in [-0.4, -0.2) is 9.55 Å². The summed E-state index contributed by atoms with van der Waals surface area (Å²) in [5.41, 5.74) is 4.22. The summed E-state index contributed by atoms with van der Waals surface area (Å²) in [6.07, 6.45) is 0.827. The molecular formula is C12H10N2. The lowest BCUT2D eigenvalue weighted by molar-refractivity contribution is 1.04. The number of hydrogen-bond donors (Lipinski definition) is 0. The largest absolute Gasteiger partial charge is 0.296 e. The molecule has 0 amide bonds. The summed E-state index contributed by atoms with van der Waals surface area (Å²) >= 11 is 0. The molecule has 2 aromatic rings. The molecule has 1 aromatic heterocycles. The number of aromatic nitrogens is 2. The average Bonchev–Trinajstić information content (AvgIpc) is 2.65. The Labute approximate surface area is 82.2 Å². The molecule has 0 unspecified atom stereocenters. The fourth-order valence-electron chi connectivity index (χ4n) is 1.95. The molecule has 0 spiro atoms. The van der Waals surface area contributed by atoms with E-state index in [0.29, 0.717) is 0 Å². The van der Waals surface area contributed by atoms with Gasteiger partial charge in [-0.15, -0.1) is 0 Å². The van der Waals surface area contributed by atoms with Crippen LogP contribution in [0.2, 0.25) is 0 Å². The number of nitrogens with zero attached hydrogens (tertiary/aromatic N) is 2. The van der Waals surface area contributed by atoms with Crippen LogP contribution >= 0.6 is 0 Å². The Morgan fingerprint density at radius 1 is 1.21 bits per heavy atom. The first kappa shape index (κ1) is 7.56. The van der Waals surface area contributed by atoms with Crippen molar-refractivity contribution in [2.45, 2.75) is 6.42 Å². The van der Waals surface area contributed by atoms with Crippen molar-refractivity contribution in [1.29, 1.82) is 0 Å². The summed E-state index contributed by atoms with van der Waals surface area (Å²) in [6, 6.07) is 8.11. The average molecular weight is 182 g/mol. The van der Waals surface area contributed by atoms with Gasteiger partial charge in [0.2, 0.25) is 0 Å². The zero-order valence-corrected chi connectivity index (χ0v) is 7.83. The van der Waals surface area contributed by atoms with Crippen LogP contribution in [0.5, 0.6) is 0 Å². The Hall–Kier alpha value is -1.83. The van der Waals surface area contributed by atoms with Crippen LogP contribution in [0.25, 0.3) is 16.7 Å². The molecule has 2 heteroatoms. The summed E-state index contributed by atoms with van der Waals surface area (Å²) in [7, 11) is 0. The van der Waals surface area contributed by atoms with E-state index in [9.17, 15) is 0 Å². The lowest BCUT2D eigenvalue weighted by Gasteiger charge is -2.01. The van der Waals surface area contributed by atoms with Gasteiger partial charge in [0.1, 0.15) is 5.82 Å². The highest BCUT2D eigenvalue weighted by molar-refractivity contribution is 5.84. The second-order valence-corrected chi connectivity index (χ2v) is 3.58. The van der Waals surface area contributed by atoms with Gasteiger partial charge in [0.25, 0.3) is 0 Å². The van der Waals surface area contributed by atoms with Gasteiger partial charge in [0.15, 0.2) is 0 Å². The highest BCUT2D eigenvalue weighted by Crippen LogP contribution is 2.31. The standard InChI is InChI=1S/C12H10N2/c1-8-7-12-13-10-5-3-4-6-11(10)14(12)9(8)2/h3-6H,1-2,7H2. The van der Waals surface area contributed by atoms with Crippen molar-refractivity contribution in [1.82, 2.24) is 9.55 Å². The zero-order valence-electron chi connectivity index (χ0n) is 7.83. The van der Waals surface area contributed by atoms with E-state index >= 15 is 0 Å². The molecule has 68 valence electrons. The van der Waals surface area contributed by atoms with E-state index in [4.69, 9.17) is 0 Å². The summed E-state index contributed by atoms with van der Waals surface area (Å²) in [5, 5.41) is 0. The van der Waals surface area contributed by atoms with Crippen molar-refractivity contribution in [2.75, 3.05) is 0 Å². The van der Waals surface area contributed by atoms with Crippen molar-refractivity contribution >= 4 is 16.7 Å². The molecule has 0 aliphatic carbocycles. The van der Waals surface area contributed by atoms with Crippen molar-refractivity contribution in [3.63, 3.8) is 0 Å². The van der Waals surface area contributed by atoms with E-state index in [2.05, 4.69) is 28.8 Å². The molecule has 0 radical (unpaired) electrons. The minimum Gasteiger partial charge on any atom is -0.296 e. The second-order valence-electron chi connectivity index (χ2n) is 3.58. The lowest BCUT2D eigenvalue weighted by atomic mass is 10.2. The van der Waals surface area contributed by atoms with Gasteiger partial charge in [-0.05, 0) is 17.7 Å². The fraction of sp³-hybridized carbons (Fsp3) is 0.0833. The van der Waals surface area contributed by atoms with Crippen molar-refractivity contribution in [3.8, 4) is 0 Å². The Morgan fingerprint density at radius 3 is 2.86 bits per heavy atom. The third kappa shape index (κ3) is 0.777. The lowest BCUT2D eigenvalue weighted by Crippen LogP contribution is -1.89.